The second kappa shape index (κ2) is 5.22. The molecule has 8 aliphatic rings. The minimum absolute atomic E-state index is 0.193. The van der Waals surface area contributed by atoms with Crippen molar-refractivity contribution in [1.29, 1.82) is 0 Å². The van der Waals surface area contributed by atoms with Crippen molar-refractivity contribution >= 4 is 11.3 Å². The maximum absolute atomic E-state index is 13.1. The molecule has 1 aromatic heterocycles. The van der Waals surface area contributed by atoms with Crippen LogP contribution in [0.25, 0.3) is 0 Å². The van der Waals surface area contributed by atoms with Crippen molar-refractivity contribution in [2.75, 3.05) is 0 Å². The van der Waals surface area contributed by atoms with Crippen LogP contribution < -0.4 is 0 Å². The van der Waals surface area contributed by atoms with Crippen LogP contribution in [-0.2, 0) is 5.60 Å². The van der Waals surface area contributed by atoms with E-state index in [1.807, 2.05) is 11.3 Å². The highest BCUT2D eigenvalue weighted by molar-refractivity contribution is 7.10. The Balaban J connectivity index is 1.41. The van der Waals surface area contributed by atoms with Gasteiger partial charge in [-0.2, -0.15) is 0 Å². The van der Waals surface area contributed by atoms with Crippen molar-refractivity contribution in [2.24, 2.45) is 46.3 Å². The Labute approximate surface area is 167 Å². The Kier molecular flexibility index (Phi) is 3.18. The molecule has 0 unspecified atom stereocenters. The summed E-state index contributed by atoms with van der Waals surface area (Å²) in [4.78, 5) is 1.35. The summed E-state index contributed by atoms with van der Waals surface area (Å²) in [5.74, 6) is 5.48. The highest BCUT2D eigenvalue weighted by atomic mass is 32.1. The van der Waals surface area contributed by atoms with Gasteiger partial charge in [0.25, 0.3) is 0 Å². The van der Waals surface area contributed by atoms with Gasteiger partial charge in [-0.15, -0.1) is 11.3 Å². The van der Waals surface area contributed by atoms with Crippen LogP contribution in [0.15, 0.2) is 17.5 Å². The molecule has 0 spiro atoms. The monoisotopic (exact) mass is 382 g/mol. The molecule has 2 heteroatoms. The lowest BCUT2D eigenvalue weighted by Gasteiger charge is -2.70. The van der Waals surface area contributed by atoms with E-state index in [0.717, 1.165) is 35.5 Å². The summed E-state index contributed by atoms with van der Waals surface area (Å²) in [6.45, 7) is 0. The molecule has 0 saturated heterocycles. The molecule has 1 heterocycles. The van der Waals surface area contributed by atoms with E-state index in [4.69, 9.17) is 0 Å². The predicted molar refractivity (Wildman–Crippen MR) is 109 cm³/mol. The largest absolute Gasteiger partial charge is 0.383 e. The van der Waals surface area contributed by atoms with Gasteiger partial charge in [-0.3, -0.25) is 0 Å². The van der Waals surface area contributed by atoms with E-state index in [1.165, 1.54) is 81.9 Å². The van der Waals surface area contributed by atoms with Crippen molar-refractivity contribution in [3.63, 3.8) is 0 Å². The van der Waals surface area contributed by atoms with E-state index < -0.39 is 5.60 Å². The van der Waals surface area contributed by atoms with E-state index in [0.29, 0.717) is 0 Å². The molecule has 1 nitrogen and oxygen atoms in total. The van der Waals surface area contributed by atoms with Crippen LogP contribution in [0.2, 0.25) is 0 Å². The first-order chi connectivity index (χ1) is 13.1. The average molecular weight is 383 g/mol. The second-order valence-electron chi connectivity index (χ2n) is 12.1. The molecular formula is C25H34OS. The van der Waals surface area contributed by atoms with Crippen LogP contribution in [0.5, 0.6) is 0 Å². The van der Waals surface area contributed by atoms with Gasteiger partial charge >= 0.3 is 0 Å². The van der Waals surface area contributed by atoms with E-state index in [1.54, 1.807) is 0 Å². The highest BCUT2D eigenvalue weighted by Crippen LogP contribution is 2.75. The molecule has 8 bridgehead atoms. The minimum Gasteiger partial charge on any atom is -0.383 e. The first kappa shape index (κ1) is 16.5. The van der Waals surface area contributed by atoms with Gasteiger partial charge < -0.3 is 5.11 Å². The Hall–Kier alpha value is -0.340. The van der Waals surface area contributed by atoms with E-state index in [9.17, 15) is 5.11 Å². The van der Waals surface area contributed by atoms with Crippen LogP contribution in [0.1, 0.15) is 81.9 Å². The molecule has 1 N–H and O–H groups in total. The Bertz CT molecular complexity index is 632. The molecule has 27 heavy (non-hydrogen) atoms. The summed E-state index contributed by atoms with van der Waals surface area (Å²) in [5, 5.41) is 15.3. The van der Waals surface area contributed by atoms with Crippen LogP contribution in [-0.4, -0.2) is 5.11 Å². The molecule has 0 radical (unpaired) electrons. The van der Waals surface area contributed by atoms with Gasteiger partial charge in [0.2, 0.25) is 0 Å². The smallest absolute Gasteiger partial charge is 0.110 e. The van der Waals surface area contributed by atoms with Gasteiger partial charge in [0.1, 0.15) is 5.60 Å². The summed E-state index contributed by atoms with van der Waals surface area (Å²) in [6.07, 6.45) is 16.8. The fraction of sp³-hybridized carbons (Fsp3) is 0.840. The summed E-state index contributed by atoms with van der Waals surface area (Å²) in [6, 6.07) is 4.54. The third-order valence-electron chi connectivity index (χ3n) is 10.5. The zero-order chi connectivity index (χ0) is 17.9. The standard InChI is InChI=1S/C25H34OS/c26-25(22-2-1-3-27-22,23-10-16-4-17(11-23)6-18(5-16)12-23)24-13-19-7-20(14-24)9-21(8-19)15-24/h1-3,16-21,26H,4-15H2. The second-order valence-corrected chi connectivity index (χ2v) is 13.0. The number of rotatable bonds is 3. The lowest BCUT2D eigenvalue weighted by atomic mass is 9.36. The van der Waals surface area contributed by atoms with E-state index in [2.05, 4.69) is 17.5 Å². The van der Waals surface area contributed by atoms with Crippen LogP contribution >= 0.6 is 11.3 Å². The van der Waals surface area contributed by atoms with E-state index in [-0.39, 0.29) is 10.8 Å². The van der Waals surface area contributed by atoms with Gasteiger partial charge in [0.15, 0.2) is 0 Å². The molecule has 8 aliphatic carbocycles. The highest BCUT2D eigenvalue weighted by Gasteiger charge is 2.70. The first-order valence-electron chi connectivity index (χ1n) is 11.8. The maximum Gasteiger partial charge on any atom is 0.110 e. The van der Waals surface area contributed by atoms with Gasteiger partial charge in [0.05, 0.1) is 0 Å². The van der Waals surface area contributed by atoms with Gasteiger partial charge in [-0.05, 0) is 124 Å². The van der Waals surface area contributed by atoms with Gasteiger partial charge in [-0.1, -0.05) is 6.07 Å². The zero-order valence-corrected chi connectivity index (χ0v) is 17.4. The molecule has 146 valence electrons. The number of hydrogen-bond acceptors (Lipinski definition) is 2. The van der Waals surface area contributed by atoms with Crippen molar-refractivity contribution in [2.45, 2.75) is 82.7 Å². The SMILES string of the molecule is OC(c1cccs1)(C12CC3CC(CC(C3)C1)C2)C12CC3CC(CC(C3)C1)C2. The number of thiophene rings is 1. The lowest BCUT2D eigenvalue weighted by molar-refractivity contribution is -0.276. The normalized spacial score (nSPS) is 54.4. The maximum atomic E-state index is 13.1. The van der Waals surface area contributed by atoms with Crippen LogP contribution in [0.4, 0.5) is 0 Å². The lowest BCUT2D eigenvalue weighted by Crippen LogP contribution is -2.66. The molecule has 1 aromatic rings. The van der Waals surface area contributed by atoms with Gasteiger partial charge in [0, 0.05) is 15.7 Å². The molecule has 0 amide bonds. The van der Waals surface area contributed by atoms with Crippen LogP contribution in [0.3, 0.4) is 0 Å². The van der Waals surface area contributed by atoms with Crippen molar-refractivity contribution in [3.05, 3.63) is 22.4 Å². The topological polar surface area (TPSA) is 20.2 Å². The molecular weight excluding hydrogens is 348 g/mol. The fourth-order valence-electron chi connectivity index (χ4n) is 10.7. The summed E-state index contributed by atoms with van der Waals surface area (Å²) in [7, 11) is 0. The predicted octanol–water partition coefficient (Wildman–Crippen LogP) is 6.37. The zero-order valence-electron chi connectivity index (χ0n) is 16.5. The summed E-state index contributed by atoms with van der Waals surface area (Å²) < 4.78 is 0. The fourth-order valence-corrected chi connectivity index (χ4v) is 11.7. The quantitative estimate of drug-likeness (QED) is 0.644. The molecule has 9 rings (SSSR count). The Morgan fingerprint density at radius 3 is 1.37 bits per heavy atom. The number of aliphatic hydroxyl groups is 1. The third-order valence-corrected chi connectivity index (χ3v) is 11.5. The Morgan fingerprint density at radius 2 is 1.07 bits per heavy atom. The molecule has 0 aliphatic heterocycles. The summed E-state index contributed by atoms with van der Waals surface area (Å²) in [5.41, 5.74) is -0.156. The molecule has 8 fully saturated rings. The van der Waals surface area contributed by atoms with Crippen LogP contribution in [0, 0.1) is 46.3 Å². The minimum atomic E-state index is -0.541. The molecule has 0 aromatic carbocycles. The number of hydrogen-bond donors (Lipinski definition) is 1. The van der Waals surface area contributed by atoms with Gasteiger partial charge in [-0.25, -0.2) is 0 Å². The average Bonchev–Trinajstić information content (AvgIpc) is 3.13. The van der Waals surface area contributed by atoms with Crippen molar-refractivity contribution < 1.29 is 5.11 Å². The van der Waals surface area contributed by atoms with Crippen molar-refractivity contribution in [3.8, 4) is 0 Å². The first-order valence-corrected chi connectivity index (χ1v) is 12.7. The third kappa shape index (κ3) is 2.00. The summed E-state index contributed by atoms with van der Waals surface area (Å²) >= 11 is 1.88. The Morgan fingerprint density at radius 1 is 0.704 bits per heavy atom. The van der Waals surface area contributed by atoms with E-state index >= 15 is 0 Å². The van der Waals surface area contributed by atoms with Crippen molar-refractivity contribution in [1.82, 2.24) is 0 Å². The molecule has 0 atom stereocenters. The molecule has 8 saturated carbocycles.